The van der Waals surface area contributed by atoms with Crippen LogP contribution in [-0.4, -0.2) is 24.1 Å². The Bertz CT molecular complexity index is 540. The number of carbonyl (C=O) groups excluding carboxylic acids is 1. The number of nitrogens with one attached hydrogen (secondary N) is 1. The van der Waals surface area contributed by atoms with Crippen molar-refractivity contribution in [3.05, 3.63) is 24.0 Å². The maximum absolute atomic E-state index is 13.0. The summed E-state index contributed by atoms with van der Waals surface area (Å²) in [6.07, 6.45) is 1.76. The van der Waals surface area contributed by atoms with E-state index < -0.39 is 23.1 Å². The third-order valence-corrected chi connectivity index (χ3v) is 3.70. The van der Waals surface area contributed by atoms with Gasteiger partial charge in [-0.3, -0.25) is 9.59 Å². The van der Waals surface area contributed by atoms with E-state index in [2.05, 4.69) is 5.32 Å². The third-order valence-electron chi connectivity index (χ3n) is 3.70. The quantitative estimate of drug-likeness (QED) is 0.869. The maximum Gasteiger partial charge on any atom is 0.310 e. The number of anilines is 1. The first kappa shape index (κ1) is 14.3. The molecule has 0 unspecified atom stereocenters. The Labute approximate surface area is 115 Å². The number of carboxylic acids is 1. The molecule has 1 saturated carbocycles. The molecule has 1 fully saturated rings. The van der Waals surface area contributed by atoms with Gasteiger partial charge in [0.2, 0.25) is 5.91 Å². The van der Waals surface area contributed by atoms with Crippen LogP contribution in [-0.2, 0) is 9.59 Å². The molecular weight excluding hydrogens is 265 g/mol. The smallest absolute Gasteiger partial charge is 0.310 e. The molecule has 0 heterocycles. The van der Waals surface area contributed by atoms with Gasteiger partial charge in [-0.25, -0.2) is 4.39 Å². The zero-order valence-corrected chi connectivity index (χ0v) is 11.1. The molecule has 108 valence electrons. The van der Waals surface area contributed by atoms with Gasteiger partial charge in [0.1, 0.15) is 11.6 Å². The molecule has 1 aromatic rings. The van der Waals surface area contributed by atoms with E-state index in [-0.39, 0.29) is 12.2 Å². The Hall–Kier alpha value is -2.11. The van der Waals surface area contributed by atoms with Crippen molar-refractivity contribution in [2.45, 2.75) is 25.7 Å². The zero-order chi connectivity index (χ0) is 14.8. The molecule has 6 heteroatoms. The van der Waals surface area contributed by atoms with Crippen molar-refractivity contribution >= 4 is 17.6 Å². The lowest BCUT2D eigenvalue weighted by Gasteiger charge is -2.36. The summed E-state index contributed by atoms with van der Waals surface area (Å²) in [6.45, 7) is 0. The van der Waals surface area contributed by atoms with E-state index in [1.54, 1.807) is 0 Å². The van der Waals surface area contributed by atoms with Gasteiger partial charge >= 0.3 is 5.97 Å². The number of carbonyl (C=O) groups is 2. The van der Waals surface area contributed by atoms with Crippen LogP contribution < -0.4 is 10.1 Å². The number of aliphatic carboxylic acids is 1. The van der Waals surface area contributed by atoms with Crippen LogP contribution in [0, 0.1) is 11.2 Å². The van der Waals surface area contributed by atoms with Gasteiger partial charge in [0.15, 0.2) is 0 Å². The van der Waals surface area contributed by atoms with Crippen LogP contribution in [0.3, 0.4) is 0 Å². The van der Waals surface area contributed by atoms with E-state index in [9.17, 15) is 19.1 Å². The molecule has 20 heavy (non-hydrogen) atoms. The summed E-state index contributed by atoms with van der Waals surface area (Å²) in [5.41, 5.74) is -0.615. The minimum Gasteiger partial charge on any atom is -0.494 e. The van der Waals surface area contributed by atoms with E-state index in [4.69, 9.17) is 4.74 Å². The molecule has 1 aliphatic carbocycles. The highest BCUT2D eigenvalue weighted by Gasteiger charge is 2.45. The number of rotatable bonds is 5. The largest absolute Gasteiger partial charge is 0.494 e. The van der Waals surface area contributed by atoms with Crippen molar-refractivity contribution in [2.75, 3.05) is 12.4 Å². The topological polar surface area (TPSA) is 75.6 Å². The molecule has 5 nitrogen and oxygen atoms in total. The minimum atomic E-state index is -0.947. The van der Waals surface area contributed by atoms with Crippen molar-refractivity contribution < 1.29 is 23.8 Å². The second kappa shape index (κ2) is 5.48. The van der Waals surface area contributed by atoms with Crippen LogP contribution in [0.1, 0.15) is 25.7 Å². The summed E-state index contributed by atoms with van der Waals surface area (Å²) in [5, 5.41) is 11.8. The molecule has 0 atom stereocenters. The van der Waals surface area contributed by atoms with Gasteiger partial charge < -0.3 is 15.2 Å². The van der Waals surface area contributed by atoms with Crippen LogP contribution in [0.2, 0.25) is 0 Å². The van der Waals surface area contributed by atoms with Gasteiger partial charge in [-0.15, -0.1) is 0 Å². The molecule has 0 bridgehead atoms. The van der Waals surface area contributed by atoms with Crippen LogP contribution >= 0.6 is 0 Å². The third kappa shape index (κ3) is 2.74. The first-order chi connectivity index (χ1) is 9.47. The number of hydrogen-bond acceptors (Lipinski definition) is 3. The predicted molar refractivity (Wildman–Crippen MR) is 70.1 cm³/mol. The minimum absolute atomic E-state index is 0.0805. The van der Waals surface area contributed by atoms with E-state index in [1.807, 2.05) is 0 Å². The Balaban J connectivity index is 2.07. The number of methoxy groups -OCH3 is 1. The Morgan fingerprint density at radius 3 is 2.65 bits per heavy atom. The molecule has 1 aromatic carbocycles. The van der Waals surface area contributed by atoms with Gasteiger partial charge in [-0.2, -0.15) is 0 Å². The molecule has 0 aliphatic heterocycles. The fourth-order valence-electron chi connectivity index (χ4n) is 2.34. The highest BCUT2D eigenvalue weighted by Crippen LogP contribution is 2.44. The Morgan fingerprint density at radius 2 is 2.15 bits per heavy atom. The molecule has 0 radical (unpaired) electrons. The summed E-state index contributed by atoms with van der Waals surface area (Å²) in [6, 6.07) is 3.75. The maximum atomic E-state index is 13.0. The van der Waals surface area contributed by atoms with Gasteiger partial charge in [0.05, 0.1) is 18.2 Å². The van der Waals surface area contributed by atoms with Crippen LogP contribution in [0.5, 0.6) is 5.75 Å². The second-order valence-corrected chi connectivity index (χ2v) is 5.01. The number of benzene rings is 1. The predicted octanol–water partition coefficient (Wildman–Crippen LogP) is 2.42. The van der Waals surface area contributed by atoms with Crippen molar-refractivity contribution in [3.8, 4) is 5.75 Å². The SMILES string of the molecule is COc1cc(F)ccc1NC(=O)CC1(C(=O)O)CCC1. The van der Waals surface area contributed by atoms with Gasteiger partial charge in [0.25, 0.3) is 0 Å². The Morgan fingerprint density at radius 1 is 1.45 bits per heavy atom. The number of amides is 1. The lowest BCUT2D eigenvalue weighted by Crippen LogP contribution is -2.41. The molecule has 2 N–H and O–H groups in total. The van der Waals surface area contributed by atoms with Gasteiger partial charge in [-0.05, 0) is 25.0 Å². The zero-order valence-electron chi connectivity index (χ0n) is 11.1. The van der Waals surface area contributed by atoms with Crippen LogP contribution in [0.15, 0.2) is 18.2 Å². The van der Waals surface area contributed by atoms with E-state index >= 15 is 0 Å². The van der Waals surface area contributed by atoms with E-state index in [0.29, 0.717) is 18.5 Å². The standard InChI is InChI=1S/C14H16FNO4/c1-20-11-7-9(15)3-4-10(11)16-12(17)8-14(13(18)19)5-2-6-14/h3-4,7H,2,5-6,8H2,1H3,(H,16,17)(H,18,19). The molecule has 2 rings (SSSR count). The average Bonchev–Trinajstić information content (AvgIpc) is 2.35. The van der Waals surface area contributed by atoms with Crippen LogP contribution in [0.25, 0.3) is 0 Å². The van der Waals surface area contributed by atoms with Crippen molar-refractivity contribution in [3.63, 3.8) is 0 Å². The summed E-state index contributed by atoms with van der Waals surface area (Å²) < 4.78 is 18.0. The number of ether oxygens (including phenoxy) is 1. The molecule has 1 aliphatic rings. The van der Waals surface area contributed by atoms with Crippen molar-refractivity contribution in [1.82, 2.24) is 0 Å². The normalized spacial score (nSPS) is 16.1. The lowest BCUT2D eigenvalue weighted by atomic mass is 9.66. The van der Waals surface area contributed by atoms with Gasteiger partial charge in [0, 0.05) is 12.5 Å². The van der Waals surface area contributed by atoms with Crippen molar-refractivity contribution in [1.29, 1.82) is 0 Å². The van der Waals surface area contributed by atoms with Gasteiger partial charge in [-0.1, -0.05) is 6.42 Å². The monoisotopic (exact) mass is 281 g/mol. The van der Waals surface area contributed by atoms with Crippen molar-refractivity contribution in [2.24, 2.45) is 5.41 Å². The molecule has 0 spiro atoms. The highest BCUT2D eigenvalue weighted by molar-refractivity contribution is 5.95. The first-order valence-electron chi connectivity index (χ1n) is 6.34. The second-order valence-electron chi connectivity index (χ2n) is 5.01. The first-order valence-corrected chi connectivity index (χ1v) is 6.34. The fourth-order valence-corrected chi connectivity index (χ4v) is 2.34. The summed E-state index contributed by atoms with van der Waals surface area (Å²) in [4.78, 5) is 23.2. The Kier molecular flexibility index (Phi) is 3.92. The molecule has 0 saturated heterocycles. The number of hydrogen-bond donors (Lipinski definition) is 2. The summed E-state index contributed by atoms with van der Waals surface area (Å²) in [5.74, 6) is -1.61. The van der Waals surface area contributed by atoms with E-state index in [0.717, 1.165) is 12.5 Å². The average molecular weight is 281 g/mol. The lowest BCUT2D eigenvalue weighted by molar-refractivity contribution is -0.157. The summed E-state index contributed by atoms with van der Waals surface area (Å²) >= 11 is 0. The molecule has 1 amide bonds. The summed E-state index contributed by atoms with van der Waals surface area (Å²) in [7, 11) is 1.37. The number of halogens is 1. The number of carboxylic acid groups (broad SMARTS) is 1. The highest BCUT2D eigenvalue weighted by atomic mass is 19.1. The molecule has 0 aromatic heterocycles. The van der Waals surface area contributed by atoms with E-state index in [1.165, 1.54) is 19.2 Å². The fraction of sp³-hybridized carbons (Fsp3) is 0.429. The van der Waals surface area contributed by atoms with Crippen LogP contribution in [0.4, 0.5) is 10.1 Å². The molecular formula is C14H16FNO4.